The largest absolute Gasteiger partial charge is 0.502 e. The first-order valence-electron chi connectivity index (χ1n) is 16.0. The van der Waals surface area contributed by atoms with Crippen molar-refractivity contribution in [3.8, 4) is 17.2 Å². The van der Waals surface area contributed by atoms with Gasteiger partial charge in [-0.2, -0.15) is 18.2 Å². The topological polar surface area (TPSA) is 150 Å². The van der Waals surface area contributed by atoms with Gasteiger partial charge in [-0.25, -0.2) is 28.5 Å². The predicted molar refractivity (Wildman–Crippen MR) is 186 cm³/mol. The van der Waals surface area contributed by atoms with Crippen molar-refractivity contribution in [1.29, 1.82) is 0 Å². The van der Waals surface area contributed by atoms with Gasteiger partial charge >= 0.3 is 17.6 Å². The van der Waals surface area contributed by atoms with Crippen LogP contribution >= 0.6 is 23.2 Å². The molecule has 1 aliphatic carbocycles. The SMILES string of the molecule is COc1cc(C=C[C@H]2C3=CCn4c(=O)n(C)c(=O)n4[C@@H]3C[C@H]3C(=O)N(Nc4ncc(C(F)(F)F)cc4Cl)C(=O)[C@@]23c2ccc(Cl)cc2)cc(OC)c1O. The molecule has 2 aromatic heterocycles. The number of fused-ring (bicyclic) bond motifs is 4. The molecule has 2 amide bonds. The molecule has 2 N–H and O–H groups in total. The van der Waals surface area contributed by atoms with E-state index in [4.69, 9.17) is 32.7 Å². The molecule has 2 aromatic carbocycles. The molecule has 4 heterocycles. The van der Waals surface area contributed by atoms with Gasteiger partial charge in [0, 0.05) is 24.2 Å². The Labute approximate surface area is 308 Å². The summed E-state index contributed by atoms with van der Waals surface area (Å²) in [4.78, 5) is 60.1. The Bertz CT molecular complexity index is 2340. The zero-order chi connectivity index (χ0) is 38.1. The number of allylic oxidation sites excluding steroid dienone is 3. The molecule has 0 unspecified atom stereocenters. The number of anilines is 1. The van der Waals surface area contributed by atoms with Gasteiger partial charge in [0.1, 0.15) is 0 Å². The van der Waals surface area contributed by atoms with Crippen LogP contribution in [0.5, 0.6) is 17.2 Å². The highest BCUT2D eigenvalue weighted by Crippen LogP contribution is 2.59. The highest BCUT2D eigenvalue weighted by atomic mass is 35.5. The van der Waals surface area contributed by atoms with Crippen LogP contribution in [0, 0.1) is 11.8 Å². The van der Waals surface area contributed by atoms with Gasteiger partial charge in [-0.05, 0) is 53.5 Å². The summed E-state index contributed by atoms with van der Waals surface area (Å²) in [7, 11) is 4.06. The van der Waals surface area contributed by atoms with Crippen molar-refractivity contribution in [1.82, 2.24) is 23.9 Å². The molecule has 0 radical (unpaired) electrons. The van der Waals surface area contributed by atoms with Gasteiger partial charge < -0.3 is 14.6 Å². The van der Waals surface area contributed by atoms with Crippen LogP contribution in [0.2, 0.25) is 10.0 Å². The van der Waals surface area contributed by atoms with Gasteiger partial charge in [0.15, 0.2) is 17.3 Å². The first-order chi connectivity index (χ1) is 25.1. The van der Waals surface area contributed by atoms with E-state index in [2.05, 4.69) is 10.4 Å². The van der Waals surface area contributed by atoms with Crippen molar-refractivity contribution in [2.75, 3.05) is 19.6 Å². The van der Waals surface area contributed by atoms with Crippen LogP contribution in [0.15, 0.2) is 76.0 Å². The molecule has 13 nitrogen and oxygen atoms in total. The first-order valence-corrected chi connectivity index (χ1v) is 16.7. The number of halogens is 5. The smallest absolute Gasteiger partial charge is 0.417 e. The molecule has 1 saturated carbocycles. The number of hydrogen-bond acceptors (Lipinski definition) is 9. The number of alkyl halides is 3. The first kappa shape index (κ1) is 35.9. The van der Waals surface area contributed by atoms with E-state index >= 15 is 4.79 Å². The zero-order valence-corrected chi connectivity index (χ0v) is 29.5. The molecule has 0 spiro atoms. The molecule has 53 heavy (non-hydrogen) atoms. The Balaban J connectivity index is 1.45. The highest BCUT2D eigenvalue weighted by molar-refractivity contribution is 6.33. The van der Waals surface area contributed by atoms with E-state index in [1.807, 2.05) is 0 Å². The average Bonchev–Trinajstić information content (AvgIpc) is 3.48. The minimum atomic E-state index is -4.76. The zero-order valence-electron chi connectivity index (χ0n) is 28.0. The molecule has 0 bridgehead atoms. The summed E-state index contributed by atoms with van der Waals surface area (Å²) in [5, 5.41) is 11.1. The summed E-state index contributed by atoms with van der Waals surface area (Å²) in [5.74, 6) is -4.21. The number of hydrazine groups is 1. The van der Waals surface area contributed by atoms with Crippen molar-refractivity contribution in [3.05, 3.63) is 114 Å². The lowest BCUT2D eigenvalue weighted by molar-refractivity contribution is -0.139. The Hall–Kier alpha value is -5.48. The van der Waals surface area contributed by atoms with Crippen LogP contribution in [0.4, 0.5) is 19.0 Å². The van der Waals surface area contributed by atoms with Gasteiger partial charge in [-0.3, -0.25) is 15.0 Å². The van der Waals surface area contributed by atoms with Crippen molar-refractivity contribution in [2.24, 2.45) is 18.9 Å². The number of phenols is 1. The lowest BCUT2D eigenvalue weighted by Crippen LogP contribution is -2.54. The summed E-state index contributed by atoms with van der Waals surface area (Å²) in [6.45, 7) is -0.0253. The fourth-order valence-corrected chi connectivity index (χ4v) is 7.95. The van der Waals surface area contributed by atoms with E-state index in [0.717, 1.165) is 4.57 Å². The number of aromatic hydroxyl groups is 1. The van der Waals surface area contributed by atoms with Gasteiger partial charge in [0.05, 0.1) is 48.7 Å². The number of hydrogen-bond donors (Lipinski definition) is 2. The molecule has 4 atom stereocenters. The number of phenolic OH excluding ortho intramolecular Hbond substituents is 1. The molecule has 4 aromatic rings. The van der Waals surface area contributed by atoms with Crippen LogP contribution in [-0.2, 0) is 34.8 Å². The van der Waals surface area contributed by atoms with Gasteiger partial charge in [0.2, 0.25) is 5.75 Å². The molecule has 3 aliphatic rings. The fraction of sp³-hybridized carbons (Fsp3) is 0.286. The Kier molecular flexibility index (Phi) is 8.72. The number of pyridine rings is 1. The number of ether oxygens (including phenoxy) is 2. The molecule has 7 rings (SSSR count). The Morgan fingerprint density at radius 2 is 1.68 bits per heavy atom. The maximum absolute atomic E-state index is 15.1. The number of carbonyl (C=O) groups excluding carboxylic acids is 2. The minimum Gasteiger partial charge on any atom is -0.502 e. The molecular weight excluding hydrogens is 744 g/mol. The number of carbonyl (C=O) groups is 2. The third kappa shape index (κ3) is 5.50. The molecule has 1 saturated heterocycles. The quantitative estimate of drug-likeness (QED) is 0.197. The third-order valence-electron chi connectivity index (χ3n) is 10.1. The molecular formula is C35H29Cl2F3N6O7. The lowest BCUT2D eigenvalue weighted by Gasteiger charge is -2.47. The average molecular weight is 774 g/mol. The van der Waals surface area contributed by atoms with Crippen molar-refractivity contribution < 1.29 is 37.3 Å². The number of amides is 2. The number of nitrogens with one attached hydrogen (secondary N) is 1. The minimum absolute atomic E-state index is 0.0253. The lowest BCUT2D eigenvalue weighted by atomic mass is 9.54. The van der Waals surface area contributed by atoms with Crippen LogP contribution in [0.3, 0.4) is 0 Å². The second-order valence-electron chi connectivity index (χ2n) is 12.7. The number of methoxy groups -OCH3 is 2. The molecule has 18 heteroatoms. The van der Waals surface area contributed by atoms with Crippen molar-refractivity contribution >= 4 is 46.9 Å². The number of imide groups is 1. The van der Waals surface area contributed by atoms with Crippen molar-refractivity contribution in [2.45, 2.75) is 30.6 Å². The number of nitrogens with zero attached hydrogens (tertiary/aromatic N) is 5. The maximum Gasteiger partial charge on any atom is 0.417 e. The second kappa shape index (κ2) is 12.9. The van der Waals surface area contributed by atoms with E-state index in [-0.39, 0.29) is 36.0 Å². The van der Waals surface area contributed by atoms with E-state index in [9.17, 15) is 32.7 Å². The summed E-state index contributed by atoms with van der Waals surface area (Å²) >= 11 is 12.5. The number of aromatic nitrogens is 4. The van der Waals surface area contributed by atoms with Crippen LogP contribution in [-0.4, -0.2) is 55.1 Å². The van der Waals surface area contributed by atoms with E-state index in [1.54, 1.807) is 42.5 Å². The van der Waals surface area contributed by atoms with E-state index in [0.29, 0.717) is 39.0 Å². The Morgan fingerprint density at radius 3 is 2.28 bits per heavy atom. The highest BCUT2D eigenvalue weighted by Gasteiger charge is 2.68. The Morgan fingerprint density at radius 1 is 1.02 bits per heavy atom. The van der Waals surface area contributed by atoms with Crippen LogP contribution in [0.1, 0.15) is 29.2 Å². The number of rotatable bonds is 7. The number of benzene rings is 2. The van der Waals surface area contributed by atoms with Crippen molar-refractivity contribution in [3.63, 3.8) is 0 Å². The van der Waals surface area contributed by atoms with E-state index in [1.165, 1.54) is 42.8 Å². The summed E-state index contributed by atoms with van der Waals surface area (Å²) in [6.07, 6.45) is 0.713. The normalized spacial score (nSPS) is 22.4. The van der Waals surface area contributed by atoms with E-state index < -0.39 is 63.2 Å². The third-order valence-corrected chi connectivity index (χ3v) is 10.6. The second-order valence-corrected chi connectivity index (χ2v) is 13.5. The summed E-state index contributed by atoms with van der Waals surface area (Å²) in [5.41, 5.74) is -0.117. The standard InChI is InChI=1S/C35H29Cl2F3N6O7/c1-43-32(50)44-11-10-21-22(9-4-17-12-26(52-2)28(47)27(13-17)53-3)34(18-5-7-20(36)8-6-18)23(15-25(21)46(44)33(43)51)30(48)45(31(34)49)42-29-24(37)14-19(16-41-29)35(38,39)40/h4-10,12-14,16,22-23,25,47H,11,15H2,1-3H3,(H,41,42)/t22-,23-,25+,34-/m0/s1. The molecule has 2 fully saturated rings. The molecule has 276 valence electrons. The summed E-state index contributed by atoms with van der Waals surface area (Å²) in [6, 6.07) is 9.13. The van der Waals surface area contributed by atoms with Crippen LogP contribution in [0.25, 0.3) is 6.08 Å². The predicted octanol–water partition coefficient (Wildman–Crippen LogP) is 4.96. The maximum atomic E-state index is 15.1. The van der Waals surface area contributed by atoms with Crippen LogP contribution < -0.4 is 26.3 Å². The van der Waals surface area contributed by atoms with Gasteiger partial charge in [-0.1, -0.05) is 53.6 Å². The fourth-order valence-electron chi connectivity index (χ4n) is 7.62. The molecule has 2 aliphatic heterocycles. The monoisotopic (exact) mass is 772 g/mol. The summed E-state index contributed by atoms with van der Waals surface area (Å²) < 4.78 is 54.4. The van der Waals surface area contributed by atoms with Gasteiger partial charge in [0.25, 0.3) is 11.8 Å². The van der Waals surface area contributed by atoms with Gasteiger partial charge in [-0.15, -0.1) is 0 Å².